The van der Waals surface area contributed by atoms with Crippen molar-refractivity contribution < 1.29 is 14.0 Å². The van der Waals surface area contributed by atoms with Crippen molar-refractivity contribution >= 4 is 25.8 Å². The number of carbonyl (C=O) groups is 1. The number of aromatic nitrogens is 5. The normalized spacial score (nSPS) is 19.6. The lowest BCUT2D eigenvalue weighted by molar-refractivity contribution is 0.171. The lowest BCUT2D eigenvalue weighted by Crippen LogP contribution is -2.43. The van der Waals surface area contributed by atoms with Crippen LogP contribution in [0.3, 0.4) is 0 Å². The summed E-state index contributed by atoms with van der Waals surface area (Å²) in [7, 11) is 0.158. The quantitative estimate of drug-likeness (QED) is 0.153. The summed E-state index contributed by atoms with van der Waals surface area (Å²) in [5.41, 5.74) is 4.45. The van der Waals surface area contributed by atoms with E-state index in [1.807, 2.05) is 60.8 Å². The van der Waals surface area contributed by atoms with Crippen LogP contribution in [0.2, 0.25) is 18.1 Å². The van der Waals surface area contributed by atoms with Gasteiger partial charge in [0.25, 0.3) is 0 Å². The zero-order valence-electron chi connectivity index (χ0n) is 32.6. The number of pyridine rings is 1. The van der Waals surface area contributed by atoms with E-state index in [0.717, 1.165) is 77.7 Å². The topological polar surface area (TPSA) is 111 Å². The Hall–Kier alpha value is -4.68. The number of likely N-dealkylation sites (tertiary alicyclic amines) is 1. The van der Waals surface area contributed by atoms with Crippen molar-refractivity contribution in [3.05, 3.63) is 95.6 Å². The molecule has 1 unspecified atom stereocenters. The number of rotatable bonds is 8. The van der Waals surface area contributed by atoms with E-state index in [-0.39, 0.29) is 34.7 Å². The van der Waals surface area contributed by atoms with Gasteiger partial charge in [-0.25, -0.2) is 9.48 Å². The predicted molar refractivity (Wildman–Crippen MR) is 212 cm³/mol. The van der Waals surface area contributed by atoms with Gasteiger partial charge in [0.2, 0.25) is 8.32 Å². The van der Waals surface area contributed by atoms with Gasteiger partial charge >= 0.3 is 6.03 Å². The van der Waals surface area contributed by atoms with Gasteiger partial charge in [-0.2, -0.15) is 5.10 Å². The molecule has 0 spiro atoms. The summed E-state index contributed by atoms with van der Waals surface area (Å²) >= 11 is 0. The van der Waals surface area contributed by atoms with Crippen molar-refractivity contribution in [2.45, 2.75) is 109 Å². The first-order valence-electron chi connectivity index (χ1n) is 18.9. The average molecular weight is 735 g/mol. The van der Waals surface area contributed by atoms with E-state index in [1.54, 1.807) is 4.68 Å². The number of nitrogens with one attached hydrogen (secondary N) is 2. The molecule has 4 heterocycles. The van der Waals surface area contributed by atoms with Crippen LogP contribution >= 0.6 is 0 Å². The van der Waals surface area contributed by atoms with Gasteiger partial charge in [0, 0.05) is 11.5 Å². The van der Waals surface area contributed by atoms with E-state index in [1.165, 1.54) is 0 Å². The van der Waals surface area contributed by atoms with Gasteiger partial charge in [-0.3, -0.25) is 14.6 Å². The summed E-state index contributed by atoms with van der Waals surface area (Å²) in [4.78, 5) is 16.1. The Morgan fingerprint density at radius 3 is 2.28 bits per heavy atom. The first kappa shape index (κ1) is 36.7. The highest BCUT2D eigenvalue weighted by atomic mass is 28.4. The maximum atomic E-state index is 13.7. The molecule has 2 N–H and O–H groups in total. The zero-order valence-corrected chi connectivity index (χ0v) is 33.6. The van der Waals surface area contributed by atoms with Gasteiger partial charge in [0.05, 0.1) is 29.7 Å². The lowest BCUT2D eigenvalue weighted by Gasteiger charge is -2.36. The highest BCUT2D eigenvalue weighted by Crippen LogP contribution is 2.40. The van der Waals surface area contributed by atoms with Gasteiger partial charge in [-0.15, -0.1) is 10.2 Å². The molecule has 0 saturated carbocycles. The van der Waals surface area contributed by atoms with Gasteiger partial charge < -0.3 is 14.5 Å². The molecule has 1 fully saturated rings. The van der Waals surface area contributed by atoms with Crippen LogP contribution in [0.25, 0.3) is 11.3 Å². The van der Waals surface area contributed by atoms with Crippen molar-refractivity contribution in [3.63, 3.8) is 0 Å². The number of carbonyl (C=O) groups excluding carboxylic acids is 1. The van der Waals surface area contributed by atoms with Gasteiger partial charge in [0.15, 0.2) is 11.5 Å². The second kappa shape index (κ2) is 13.9. The predicted octanol–water partition coefficient (Wildman–Crippen LogP) is 9.14. The monoisotopic (exact) mass is 734 g/mol. The number of ether oxygens (including phenoxy) is 1. The Morgan fingerprint density at radius 2 is 1.60 bits per heavy atom. The number of benzene rings is 2. The number of anilines is 1. The van der Waals surface area contributed by atoms with Crippen molar-refractivity contribution in [2.24, 2.45) is 0 Å². The molecule has 1 aliphatic carbocycles. The van der Waals surface area contributed by atoms with Crippen LogP contribution in [0.1, 0.15) is 108 Å². The van der Waals surface area contributed by atoms with E-state index in [0.29, 0.717) is 5.82 Å². The minimum atomic E-state index is -1.99. The van der Waals surface area contributed by atoms with Crippen molar-refractivity contribution in [1.29, 1.82) is 0 Å². The van der Waals surface area contributed by atoms with E-state index in [2.05, 4.69) is 104 Å². The van der Waals surface area contributed by atoms with Gasteiger partial charge in [-0.1, -0.05) is 65.8 Å². The molecule has 2 aliphatic rings. The van der Waals surface area contributed by atoms with Crippen LogP contribution in [-0.4, -0.2) is 57.2 Å². The number of hydrogen-bond acceptors (Lipinski definition) is 7. The molecule has 0 radical (unpaired) electrons. The lowest BCUT2D eigenvalue weighted by atomic mass is 9.85. The molecule has 2 amide bonds. The first-order valence-corrected chi connectivity index (χ1v) is 21.8. The molecular formula is C41H54N8O3Si. The molecule has 12 heteroatoms. The number of nitrogens with zero attached hydrogens (tertiary/aromatic N) is 6. The number of amides is 2. The van der Waals surface area contributed by atoms with E-state index in [4.69, 9.17) is 14.3 Å². The number of urea groups is 1. The minimum absolute atomic E-state index is 0.0939. The highest BCUT2D eigenvalue weighted by molar-refractivity contribution is 6.74. The average Bonchev–Trinajstić information content (AvgIpc) is 3.83. The molecule has 53 heavy (non-hydrogen) atoms. The molecule has 5 aromatic rings. The van der Waals surface area contributed by atoms with E-state index < -0.39 is 8.32 Å². The first-order chi connectivity index (χ1) is 25.1. The molecule has 3 aromatic heterocycles. The van der Waals surface area contributed by atoms with Crippen molar-refractivity contribution in [1.82, 2.24) is 34.6 Å². The van der Waals surface area contributed by atoms with Gasteiger partial charge in [-0.05, 0) is 105 Å². The second-order valence-corrected chi connectivity index (χ2v) is 21.9. The van der Waals surface area contributed by atoms with Crippen LogP contribution in [0.4, 0.5) is 10.6 Å². The van der Waals surface area contributed by atoms with Crippen molar-refractivity contribution in [3.8, 4) is 17.2 Å². The Bertz CT molecular complexity index is 2090. The summed E-state index contributed by atoms with van der Waals surface area (Å²) in [6.45, 7) is 18.6. The maximum absolute atomic E-state index is 13.7. The fourth-order valence-corrected chi connectivity index (χ4v) is 8.09. The van der Waals surface area contributed by atoms with Crippen molar-refractivity contribution in [2.75, 3.05) is 18.9 Å². The third-order valence-electron chi connectivity index (χ3n) is 11.2. The fraction of sp³-hybridized carbons (Fsp3) is 0.463. The Morgan fingerprint density at radius 1 is 0.887 bits per heavy atom. The van der Waals surface area contributed by atoms with E-state index >= 15 is 0 Å². The summed E-state index contributed by atoms with van der Waals surface area (Å²) in [5, 5.41) is 20.4. The molecule has 2 aromatic carbocycles. The van der Waals surface area contributed by atoms with Crippen LogP contribution in [-0.2, 0) is 5.41 Å². The summed E-state index contributed by atoms with van der Waals surface area (Å²) in [6.07, 6.45) is 5.56. The SMILES string of the molecule is CN1CCCC1c1nnc2ccc(O[C@@H]3CC[C@H](NC(=O)Nc4cc(C(C)(C)C)nn4-c4ccc(O[Si](C)(C)C(C)(C)C)cc4)c4ccccc43)cn12. The Balaban J connectivity index is 1.07. The molecule has 1 saturated heterocycles. The van der Waals surface area contributed by atoms with Crippen LogP contribution in [0.5, 0.6) is 11.5 Å². The van der Waals surface area contributed by atoms with E-state index in [9.17, 15) is 4.79 Å². The molecule has 7 rings (SSSR count). The third kappa shape index (κ3) is 7.57. The van der Waals surface area contributed by atoms with Crippen LogP contribution in [0.15, 0.2) is 72.9 Å². The zero-order chi connectivity index (χ0) is 37.7. The Kier molecular flexibility index (Phi) is 9.65. The number of fused-ring (bicyclic) bond motifs is 2. The van der Waals surface area contributed by atoms with Crippen LogP contribution < -0.4 is 19.8 Å². The van der Waals surface area contributed by atoms with Crippen LogP contribution in [0, 0.1) is 0 Å². The Labute approximate surface area is 314 Å². The largest absolute Gasteiger partial charge is 0.544 e. The molecule has 0 bridgehead atoms. The maximum Gasteiger partial charge on any atom is 0.320 e. The smallest absolute Gasteiger partial charge is 0.320 e. The molecule has 11 nitrogen and oxygen atoms in total. The van der Waals surface area contributed by atoms with Gasteiger partial charge in [0.1, 0.15) is 23.4 Å². The summed E-state index contributed by atoms with van der Waals surface area (Å²) in [5.74, 6) is 3.16. The third-order valence-corrected chi connectivity index (χ3v) is 15.6. The summed E-state index contributed by atoms with van der Waals surface area (Å²) in [6, 6.07) is 21.9. The fourth-order valence-electron chi connectivity index (χ4n) is 7.06. The number of hydrogen-bond donors (Lipinski definition) is 2. The molecular weight excluding hydrogens is 681 g/mol. The molecule has 1 aliphatic heterocycles. The highest BCUT2D eigenvalue weighted by Gasteiger charge is 2.39. The molecule has 3 atom stereocenters. The standard InChI is InChI=1S/C41H54N8O3Si/c1-40(2,3)35-25-37(49(46-35)27-16-18-28(19-17-27)52-53(8,9)41(4,5)6)43-39(50)42-32-21-22-34(31-14-11-10-13-30(31)32)51-29-20-23-36-44-45-38(48(36)26-29)33-15-12-24-47(33)7/h10-11,13-14,16-20,23,25-26,32-34H,12,15,21-22,24H2,1-9H3,(H2,42,43,50)/t32-,33?,34+/m0/s1. The summed E-state index contributed by atoms with van der Waals surface area (Å²) < 4.78 is 17.1. The molecule has 280 valence electrons. The minimum Gasteiger partial charge on any atom is -0.544 e. The second-order valence-electron chi connectivity index (χ2n) is 17.2.